The van der Waals surface area contributed by atoms with Crippen molar-refractivity contribution in [2.75, 3.05) is 11.4 Å². The lowest BCUT2D eigenvalue weighted by Crippen LogP contribution is -2.49. The van der Waals surface area contributed by atoms with E-state index in [1.54, 1.807) is 6.92 Å². The molecular formula is C13H15FN2O5. The number of hydrogen-bond donors (Lipinski definition) is 3. The molecule has 21 heavy (non-hydrogen) atoms. The van der Waals surface area contributed by atoms with Gasteiger partial charge in [0.05, 0.1) is 12.1 Å². The third kappa shape index (κ3) is 4.44. The van der Waals surface area contributed by atoms with Crippen molar-refractivity contribution >= 4 is 23.7 Å². The molecule has 0 aliphatic heterocycles. The summed E-state index contributed by atoms with van der Waals surface area (Å²) in [6, 6.07) is 3.05. The summed E-state index contributed by atoms with van der Waals surface area (Å²) in [5, 5.41) is 19.6. The fourth-order valence-electron chi connectivity index (χ4n) is 1.70. The highest BCUT2D eigenvalue weighted by Gasteiger charge is 2.26. The molecule has 0 unspecified atom stereocenters. The predicted octanol–water partition coefficient (Wildman–Crippen LogP) is 1.29. The maximum atomic E-state index is 13.7. The minimum Gasteiger partial charge on any atom is -0.481 e. The third-order valence-corrected chi connectivity index (χ3v) is 2.68. The number of amides is 2. The van der Waals surface area contributed by atoms with Crippen LogP contribution in [0, 0.1) is 5.82 Å². The second-order valence-corrected chi connectivity index (χ2v) is 4.13. The van der Waals surface area contributed by atoms with Crippen molar-refractivity contribution < 1.29 is 29.0 Å². The van der Waals surface area contributed by atoms with Crippen LogP contribution in [0.4, 0.5) is 14.9 Å². The highest BCUT2D eigenvalue weighted by molar-refractivity contribution is 5.95. The third-order valence-electron chi connectivity index (χ3n) is 2.68. The quantitative estimate of drug-likeness (QED) is 0.733. The number of carbonyl (C=O) groups excluding carboxylic acids is 1. The van der Waals surface area contributed by atoms with Gasteiger partial charge in [-0.25, -0.2) is 14.0 Å². The van der Waals surface area contributed by atoms with Crippen molar-refractivity contribution in [2.45, 2.75) is 19.4 Å². The van der Waals surface area contributed by atoms with Crippen LogP contribution in [0.15, 0.2) is 24.3 Å². The molecular weight excluding hydrogens is 283 g/mol. The molecule has 3 N–H and O–H groups in total. The Labute approximate surface area is 120 Å². The molecule has 0 radical (unpaired) electrons. The SMILES string of the molecule is CCN(C(=O)N[C@H](CC(=O)O)C(=O)O)c1ccccc1F. The molecule has 1 aromatic carbocycles. The number of carboxylic acids is 2. The molecule has 0 bridgehead atoms. The maximum Gasteiger partial charge on any atom is 0.326 e. The molecule has 8 heteroatoms. The van der Waals surface area contributed by atoms with E-state index >= 15 is 0 Å². The number of halogens is 1. The number of rotatable bonds is 6. The van der Waals surface area contributed by atoms with E-state index in [1.807, 2.05) is 0 Å². The van der Waals surface area contributed by atoms with Crippen molar-refractivity contribution in [1.82, 2.24) is 5.32 Å². The lowest BCUT2D eigenvalue weighted by Gasteiger charge is -2.23. The number of benzene rings is 1. The van der Waals surface area contributed by atoms with Crippen molar-refractivity contribution in [1.29, 1.82) is 0 Å². The number of nitrogens with zero attached hydrogens (tertiary/aromatic N) is 1. The van der Waals surface area contributed by atoms with Crippen molar-refractivity contribution in [3.8, 4) is 0 Å². The first-order valence-corrected chi connectivity index (χ1v) is 6.14. The summed E-state index contributed by atoms with van der Waals surface area (Å²) in [4.78, 5) is 34.5. The van der Waals surface area contributed by atoms with Gasteiger partial charge in [-0.15, -0.1) is 0 Å². The molecule has 0 heterocycles. The number of hydrogen-bond acceptors (Lipinski definition) is 3. The zero-order chi connectivity index (χ0) is 16.0. The first kappa shape index (κ1) is 16.4. The zero-order valence-corrected chi connectivity index (χ0v) is 11.2. The molecule has 0 aliphatic carbocycles. The average Bonchev–Trinajstić information content (AvgIpc) is 2.40. The second-order valence-electron chi connectivity index (χ2n) is 4.13. The minimum atomic E-state index is -1.59. The van der Waals surface area contributed by atoms with E-state index in [4.69, 9.17) is 10.2 Å². The predicted molar refractivity (Wildman–Crippen MR) is 71.6 cm³/mol. The Bertz CT molecular complexity index is 549. The molecule has 0 spiro atoms. The highest BCUT2D eigenvalue weighted by atomic mass is 19.1. The van der Waals surface area contributed by atoms with Gasteiger partial charge in [0.1, 0.15) is 11.9 Å². The molecule has 114 valence electrons. The van der Waals surface area contributed by atoms with Gasteiger partial charge in [0, 0.05) is 6.54 Å². The van der Waals surface area contributed by atoms with Gasteiger partial charge < -0.3 is 15.5 Å². The fourth-order valence-corrected chi connectivity index (χ4v) is 1.70. The van der Waals surface area contributed by atoms with Crippen LogP contribution in [-0.4, -0.2) is 40.8 Å². The summed E-state index contributed by atoms with van der Waals surface area (Å²) < 4.78 is 13.7. The smallest absolute Gasteiger partial charge is 0.326 e. The Balaban J connectivity index is 2.91. The molecule has 1 aromatic rings. The molecule has 0 saturated heterocycles. The Morgan fingerprint density at radius 1 is 1.29 bits per heavy atom. The molecule has 0 aliphatic rings. The standard InChI is InChI=1S/C13H15FN2O5/c1-2-16(10-6-4-3-5-8(10)14)13(21)15-9(12(19)20)7-11(17)18/h3-6,9H,2,7H2,1H3,(H,15,21)(H,17,18)(H,19,20)/t9-/m1/s1. The average molecular weight is 298 g/mol. The number of carboxylic acid groups (broad SMARTS) is 2. The lowest BCUT2D eigenvalue weighted by molar-refractivity contribution is -0.145. The van der Waals surface area contributed by atoms with Crippen LogP contribution in [0.1, 0.15) is 13.3 Å². The first-order valence-electron chi connectivity index (χ1n) is 6.14. The van der Waals surface area contributed by atoms with Crippen LogP contribution in [-0.2, 0) is 9.59 Å². The summed E-state index contributed by atoms with van der Waals surface area (Å²) in [5.74, 6) is -3.48. The topological polar surface area (TPSA) is 107 Å². The molecule has 0 saturated carbocycles. The maximum absolute atomic E-state index is 13.7. The van der Waals surface area contributed by atoms with E-state index in [1.165, 1.54) is 18.2 Å². The fraction of sp³-hybridized carbons (Fsp3) is 0.308. The van der Waals surface area contributed by atoms with Gasteiger partial charge in [0.15, 0.2) is 0 Å². The van der Waals surface area contributed by atoms with Crippen LogP contribution >= 0.6 is 0 Å². The van der Waals surface area contributed by atoms with Crippen molar-refractivity contribution in [3.05, 3.63) is 30.1 Å². The van der Waals surface area contributed by atoms with Crippen molar-refractivity contribution in [3.63, 3.8) is 0 Å². The molecule has 0 fully saturated rings. The summed E-state index contributed by atoms with van der Waals surface area (Å²) in [7, 11) is 0. The Morgan fingerprint density at radius 2 is 1.90 bits per heavy atom. The van der Waals surface area contributed by atoms with E-state index in [2.05, 4.69) is 5.32 Å². The van der Waals surface area contributed by atoms with E-state index < -0.39 is 36.2 Å². The number of aliphatic carboxylic acids is 2. The largest absolute Gasteiger partial charge is 0.481 e. The van der Waals surface area contributed by atoms with E-state index in [9.17, 15) is 18.8 Å². The monoisotopic (exact) mass is 298 g/mol. The van der Waals surface area contributed by atoms with E-state index in [0.717, 1.165) is 11.0 Å². The van der Waals surface area contributed by atoms with Gasteiger partial charge >= 0.3 is 18.0 Å². The summed E-state index contributed by atoms with van der Waals surface area (Å²) >= 11 is 0. The second kappa shape index (κ2) is 7.22. The van der Waals surface area contributed by atoms with Gasteiger partial charge in [-0.05, 0) is 19.1 Å². The molecule has 1 rings (SSSR count). The first-order chi connectivity index (χ1) is 9.86. The molecule has 0 aromatic heterocycles. The number of para-hydroxylation sites is 1. The van der Waals surface area contributed by atoms with Gasteiger partial charge in [-0.2, -0.15) is 0 Å². The number of carbonyl (C=O) groups is 3. The number of nitrogens with one attached hydrogen (secondary N) is 1. The molecule has 2 amide bonds. The van der Waals surface area contributed by atoms with Crippen LogP contribution in [0.3, 0.4) is 0 Å². The van der Waals surface area contributed by atoms with Gasteiger partial charge in [0.2, 0.25) is 0 Å². The van der Waals surface area contributed by atoms with Crippen molar-refractivity contribution in [2.24, 2.45) is 0 Å². The Morgan fingerprint density at radius 3 is 2.38 bits per heavy atom. The molecule has 7 nitrogen and oxygen atoms in total. The summed E-state index contributed by atoms with van der Waals surface area (Å²) in [6.07, 6.45) is -0.768. The van der Waals surface area contributed by atoms with Crippen LogP contribution in [0.2, 0.25) is 0 Å². The number of urea groups is 1. The summed E-state index contributed by atoms with van der Waals surface area (Å²) in [6.45, 7) is 1.67. The zero-order valence-electron chi connectivity index (χ0n) is 11.2. The molecule has 1 atom stereocenters. The summed E-state index contributed by atoms with van der Waals surface area (Å²) in [5.41, 5.74) is -0.0167. The van der Waals surface area contributed by atoms with Gasteiger partial charge in [-0.3, -0.25) is 9.69 Å². The van der Waals surface area contributed by atoms with Crippen LogP contribution in [0.5, 0.6) is 0 Å². The van der Waals surface area contributed by atoms with E-state index in [0.29, 0.717) is 0 Å². The Kier molecular flexibility index (Phi) is 5.65. The number of anilines is 1. The lowest BCUT2D eigenvalue weighted by atomic mass is 10.2. The Hall–Kier alpha value is -2.64. The van der Waals surface area contributed by atoms with Crippen LogP contribution < -0.4 is 10.2 Å². The van der Waals surface area contributed by atoms with Crippen LogP contribution in [0.25, 0.3) is 0 Å². The normalized spacial score (nSPS) is 11.5. The minimum absolute atomic E-state index is 0.0167. The van der Waals surface area contributed by atoms with Gasteiger partial charge in [-0.1, -0.05) is 12.1 Å². The van der Waals surface area contributed by atoms with E-state index in [-0.39, 0.29) is 12.2 Å². The van der Waals surface area contributed by atoms with Gasteiger partial charge in [0.25, 0.3) is 0 Å². The highest BCUT2D eigenvalue weighted by Crippen LogP contribution is 2.18.